The minimum absolute atomic E-state index is 0.0326. The van der Waals surface area contributed by atoms with E-state index in [0.717, 1.165) is 55.1 Å². The minimum atomic E-state index is -0.0390. The highest BCUT2D eigenvalue weighted by Crippen LogP contribution is 2.38. The van der Waals surface area contributed by atoms with E-state index in [9.17, 15) is 4.79 Å². The molecule has 0 saturated carbocycles. The van der Waals surface area contributed by atoms with Gasteiger partial charge in [0.05, 0.1) is 5.75 Å². The van der Waals surface area contributed by atoms with E-state index in [1.807, 2.05) is 6.07 Å². The summed E-state index contributed by atoms with van der Waals surface area (Å²) < 4.78 is 6.36. The standard InChI is InChI=1S/C16H19N3O2S/c20-14-10-22-15(19-18-14)12-1-2-13-11(9-12)3-4-16(21-13)5-7-17-8-6-16/h1-2,9,17H,3-8,10H2,(H,18,20). The third kappa shape index (κ3) is 2.61. The van der Waals surface area contributed by atoms with Crippen LogP contribution in [-0.2, 0) is 11.2 Å². The highest BCUT2D eigenvalue weighted by Gasteiger charge is 2.37. The van der Waals surface area contributed by atoms with Gasteiger partial charge in [0.2, 0.25) is 0 Å². The fourth-order valence-corrected chi connectivity index (χ4v) is 4.08. The fourth-order valence-electron chi connectivity index (χ4n) is 3.35. The summed E-state index contributed by atoms with van der Waals surface area (Å²) >= 11 is 1.49. The third-order valence-corrected chi connectivity index (χ3v) is 5.63. The summed E-state index contributed by atoms with van der Waals surface area (Å²) in [6.45, 7) is 2.08. The van der Waals surface area contributed by atoms with Crippen LogP contribution in [0.2, 0.25) is 0 Å². The summed E-state index contributed by atoms with van der Waals surface area (Å²) in [5.74, 6) is 1.41. The van der Waals surface area contributed by atoms with Gasteiger partial charge in [0.1, 0.15) is 16.4 Å². The van der Waals surface area contributed by atoms with Crippen molar-refractivity contribution in [3.63, 3.8) is 0 Å². The van der Waals surface area contributed by atoms with Crippen molar-refractivity contribution in [3.8, 4) is 5.75 Å². The predicted octanol–water partition coefficient (Wildman–Crippen LogP) is 1.66. The molecule has 1 spiro atoms. The van der Waals surface area contributed by atoms with E-state index in [0.29, 0.717) is 5.75 Å². The largest absolute Gasteiger partial charge is 0.487 e. The van der Waals surface area contributed by atoms with E-state index in [1.165, 1.54) is 17.3 Å². The molecule has 0 aromatic heterocycles. The second-order valence-corrected chi connectivity index (χ2v) is 7.06. The van der Waals surface area contributed by atoms with Crippen LogP contribution in [0.4, 0.5) is 0 Å². The van der Waals surface area contributed by atoms with Crippen molar-refractivity contribution in [1.29, 1.82) is 0 Å². The van der Waals surface area contributed by atoms with Gasteiger partial charge in [0, 0.05) is 5.56 Å². The van der Waals surface area contributed by atoms with Crippen LogP contribution in [0.15, 0.2) is 23.3 Å². The van der Waals surface area contributed by atoms with Gasteiger partial charge in [-0.1, -0.05) is 11.8 Å². The Morgan fingerprint density at radius 3 is 2.86 bits per heavy atom. The molecule has 0 radical (unpaired) electrons. The molecule has 0 atom stereocenters. The number of piperidine rings is 1. The van der Waals surface area contributed by atoms with Crippen molar-refractivity contribution in [1.82, 2.24) is 10.7 Å². The summed E-state index contributed by atoms with van der Waals surface area (Å²) in [5.41, 5.74) is 4.90. The van der Waals surface area contributed by atoms with E-state index in [2.05, 4.69) is 28.0 Å². The number of nitrogens with one attached hydrogen (secondary N) is 2. The molecular formula is C16H19N3O2S. The topological polar surface area (TPSA) is 62.7 Å². The first-order chi connectivity index (χ1) is 10.7. The van der Waals surface area contributed by atoms with Crippen LogP contribution in [0.25, 0.3) is 0 Å². The lowest BCUT2D eigenvalue weighted by Crippen LogP contribution is -2.48. The molecule has 116 valence electrons. The number of amides is 1. The number of carbonyl (C=O) groups is 1. The second kappa shape index (κ2) is 5.59. The molecule has 6 heteroatoms. The van der Waals surface area contributed by atoms with Crippen molar-refractivity contribution in [2.75, 3.05) is 18.8 Å². The molecule has 2 N–H and O–H groups in total. The number of nitrogens with zero attached hydrogens (tertiary/aromatic N) is 1. The first kappa shape index (κ1) is 14.1. The van der Waals surface area contributed by atoms with Crippen molar-refractivity contribution in [2.24, 2.45) is 5.10 Å². The third-order valence-electron chi connectivity index (χ3n) is 4.62. The van der Waals surface area contributed by atoms with Gasteiger partial charge in [-0.05, 0) is 62.5 Å². The molecule has 1 fully saturated rings. The molecule has 0 bridgehead atoms. The lowest BCUT2D eigenvalue weighted by molar-refractivity contribution is -0.118. The molecule has 1 amide bonds. The summed E-state index contributed by atoms with van der Waals surface area (Å²) in [4.78, 5) is 11.2. The lowest BCUT2D eigenvalue weighted by atomic mass is 9.83. The molecule has 1 aromatic rings. The number of ether oxygens (including phenoxy) is 1. The first-order valence-corrected chi connectivity index (χ1v) is 8.75. The van der Waals surface area contributed by atoms with Crippen LogP contribution >= 0.6 is 11.8 Å². The maximum Gasteiger partial charge on any atom is 0.250 e. The Hall–Kier alpha value is -1.53. The molecule has 3 aliphatic rings. The monoisotopic (exact) mass is 317 g/mol. The van der Waals surface area contributed by atoms with Gasteiger partial charge in [0.25, 0.3) is 5.91 Å². The SMILES string of the molecule is O=C1CSC(c2ccc3c(c2)CCC2(CCNCC2)O3)=NN1. The number of aryl methyl sites for hydroxylation is 1. The van der Waals surface area contributed by atoms with E-state index >= 15 is 0 Å². The lowest BCUT2D eigenvalue weighted by Gasteiger charge is -2.41. The Kier molecular flexibility index (Phi) is 3.58. The fraction of sp³-hybridized carbons (Fsp3) is 0.500. The first-order valence-electron chi connectivity index (χ1n) is 7.77. The quantitative estimate of drug-likeness (QED) is 0.827. The van der Waals surface area contributed by atoms with Crippen molar-refractivity contribution in [2.45, 2.75) is 31.3 Å². The summed E-state index contributed by atoms with van der Waals surface area (Å²) in [7, 11) is 0. The van der Waals surface area contributed by atoms with Crippen molar-refractivity contribution < 1.29 is 9.53 Å². The molecule has 3 heterocycles. The van der Waals surface area contributed by atoms with Crippen LogP contribution in [0.1, 0.15) is 30.4 Å². The highest BCUT2D eigenvalue weighted by atomic mass is 32.2. The maximum absolute atomic E-state index is 11.2. The Labute approximate surface area is 133 Å². The molecule has 3 aliphatic heterocycles. The molecular weight excluding hydrogens is 298 g/mol. The van der Waals surface area contributed by atoms with Gasteiger partial charge >= 0.3 is 0 Å². The van der Waals surface area contributed by atoms with Gasteiger partial charge in [-0.25, -0.2) is 5.43 Å². The number of rotatable bonds is 1. The Morgan fingerprint density at radius 2 is 2.09 bits per heavy atom. The zero-order valence-corrected chi connectivity index (χ0v) is 13.2. The van der Waals surface area contributed by atoms with Crippen LogP contribution in [0.3, 0.4) is 0 Å². The molecule has 0 unspecified atom stereocenters. The number of fused-ring (bicyclic) bond motifs is 1. The van der Waals surface area contributed by atoms with Crippen LogP contribution in [0.5, 0.6) is 5.75 Å². The number of hydrazone groups is 1. The molecule has 22 heavy (non-hydrogen) atoms. The Bertz CT molecular complexity index is 638. The van der Waals surface area contributed by atoms with Crippen LogP contribution in [-0.4, -0.2) is 35.4 Å². The van der Waals surface area contributed by atoms with Gasteiger partial charge in [0.15, 0.2) is 0 Å². The van der Waals surface area contributed by atoms with Crippen molar-refractivity contribution in [3.05, 3.63) is 29.3 Å². The second-order valence-electron chi connectivity index (χ2n) is 6.10. The number of carbonyl (C=O) groups excluding carboxylic acids is 1. The summed E-state index contributed by atoms with van der Waals surface area (Å²) in [6.07, 6.45) is 4.31. The smallest absolute Gasteiger partial charge is 0.250 e. The van der Waals surface area contributed by atoms with Gasteiger partial charge < -0.3 is 10.1 Å². The Morgan fingerprint density at radius 1 is 1.23 bits per heavy atom. The van der Waals surface area contributed by atoms with E-state index in [-0.39, 0.29) is 11.5 Å². The highest BCUT2D eigenvalue weighted by molar-refractivity contribution is 8.15. The number of thioether (sulfide) groups is 1. The maximum atomic E-state index is 11.2. The van der Waals surface area contributed by atoms with Crippen molar-refractivity contribution >= 4 is 22.7 Å². The Balaban J connectivity index is 1.57. The summed E-state index contributed by atoms with van der Waals surface area (Å²) in [6, 6.07) is 6.27. The number of benzene rings is 1. The van der Waals surface area contributed by atoms with E-state index in [1.54, 1.807) is 0 Å². The van der Waals surface area contributed by atoms with Crippen LogP contribution in [0, 0.1) is 0 Å². The molecule has 0 aliphatic carbocycles. The predicted molar refractivity (Wildman–Crippen MR) is 87.4 cm³/mol. The van der Waals surface area contributed by atoms with Gasteiger partial charge in [-0.2, -0.15) is 5.10 Å². The summed E-state index contributed by atoms with van der Waals surface area (Å²) in [5, 5.41) is 8.43. The zero-order valence-electron chi connectivity index (χ0n) is 12.4. The molecule has 5 nitrogen and oxygen atoms in total. The molecule has 1 saturated heterocycles. The normalized spacial score (nSPS) is 23.3. The zero-order chi connectivity index (χ0) is 15.0. The van der Waals surface area contributed by atoms with Gasteiger partial charge in [-0.3, -0.25) is 4.79 Å². The number of hydrogen-bond donors (Lipinski definition) is 2. The number of hydrogen-bond acceptors (Lipinski definition) is 5. The van der Waals surface area contributed by atoms with Gasteiger partial charge in [-0.15, -0.1) is 0 Å². The van der Waals surface area contributed by atoms with E-state index in [4.69, 9.17) is 4.74 Å². The molecule has 4 rings (SSSR count). The average Bonchev–Trinajstić information content (AvgIpc) is 2.56. The van der Waals surface area contributed by atoms with E-state index < -0.39 is 0 Å². The van der Waals surface area contributed by atoms with Crippen LogP contribution < -0.4 is 15.5 Å². The minimum Gasteiger partial charge on any atom is -0.487 e. The molecule has 1 aromatic carbocycles. The average molecular weight is 317 g/mol.